The topological polar surface area (TPSA) is 132 Å². The Morgan fingerprint density at radius 2 is 1.96 bits per heavy atom. The van der Waals surface area contributed by atoms with Crippen molar-refractivity contribution in [3.05, 3.63) is 52.3 Å². The number of rotatable bonds is 7. The van der Waals surface area contributed by atoms with Crippen LogP contribution in [-0.2, 0) is 11.2 Å². The summed E-state index contributed by atoms with van der Waals surface area (Å²) in [6.45, 7) is 0. The number of H-pyrrole nitrogens is 1. The highest BCUT2D eigenvalue weighted by atomic mass is 35.5. The second kappa shape index (κ2) is 7.60. The molecule has 2 aromatic rings. The summed E-state index contributed by atoms with van der Waals surface area (Å²) in [7, 11) is 0. The third-order valence-electron chi connectivity index (χ3n) is 3.22. The Balaban J connectivity index is 2.12. The van der Waals surface area contributed by atoms with Gasteiger partial charge in [0.2, 0.25) is 0 Å². The summed E-state index contributed by atoms with van der Waals surface area (Å²) in [5, 5.41) is 26.6. The van der Waals surface area contributed by atoms with Gasteiger partial charge in [-0.25, -0.2) is 4.79 Å². The zero-order chi connectivity index (χ0) is 17.7. The number of aromatic amines is 1. The minimum absolute atomic E-state index is 0.137. The summed E-state index contributed by atoms with van der Waals surface area (Å²) >= 11 is 6.05. The van der Waals surface area contributed by atoms with Crippen LogP contribution < -0.4 is 5.32 Å². The Kier molecular flexibility index (Phi) is 5.54. The van der Waals surface area contributed by atoms with E-state index in [2.05, 4.69) is 15.5 Å². The number of halogens is 1. The van der Waals surface area contributed by atoms with Gasteiger partial charge in [0.1, 0.15) is 5.69 Å². The number of hydrogen-bond acceptors (Lipinski definition) is 4. The standard InChI is InChI=1S/C15H14ClN3O5/c16-10-4-2-1-3-8(10)5-9(6-13(20)21)17-14(22)11-7-12(15(23)24)19-18-11/h1-4,7,9H,5-6H2,(H,17,22)(H,18,19)(H,20,21)(H,23,24)/t9-/m1/s1. The van der Waals surface area contributed by atoms with E-state index in [1.165, 1.54) is 0 Å². The number of carboxylic acid groups (broad SMARTS) is 2. The fraction of sp³-hybridized carbons (Fsp3) is 0.200. The zero-order valence-corrected chi connectivity index (χ0v) is 13.1. The molecular weight excluding hydrogens is 338 g/mol. The fourth-order valence-corrected chi connectivity index (χ4v) is 2.33. The van der Waals surface area contributed by atoms with Crippen LogP contribution in [-0.4, -0.2) is 44.3 Å². The van der Waals surface area contributed by atoms with Gasteiger partial charge < -0.3 is 15.5 Å². The number of hydrogen-bond donors (Lipinski definition) is 4. The molecule has 8 nitrogen and oxygen atoms in total. The van der Waals surface area contributed by atoms with Crippen molar-refractivity contribution in [2.75, 3.05) is 0 Å². The lowest BCUT2D eigenvalue weighted by molar-refractivity contribution is -0.137. The Labute approximate surface area is 141 Å². The van der Waals surface area contributed by atoms with E-state index in [1.54, 1.807) is 24.3 Å². The lowest BCUT2D eigenvalue weighted by Crippen LogP contribution is -2.38. The van der Waals surface area contributed by atoms with Gasteiger partial charge in [-0.05, 0) is 18.1 Å². The van der Waals surface area contributed by atoms with Crippen molar-refractivity contribution in [2.24, 2.45) is 0 Å². The quantitative estimate of drug-likeness (QED) is 0.598. The van der Waals surface area contributed by atoms with Crippen molar-refractivity contribution in [3.8, 4) is 0 Å². The van der Waals surface area contributed by atoms with E-state index in [4.69, 9.17) is 21.8 Å². The monoisotopic (exact) mass is 351 g/mol. The first-order valence-corrected chi connectivity index (χ1v) is 7.29. The molecule has 0 fully saturated rings. The summed E-state index contributed by atoms with van der Waals surface area (Å²) in [4.78, 5) is 33.9. The SMILES string of the molecule is O=C(O)C[C@@H](Cc1ccccc1Cl)NC(=O)c1cc(C(=O)O)[nH]n1. The number of nitrogens with one attached hydrogen (secondary N) is 2. The summed E-state index contributed by atoms with van der Waals surface area (Å²) < 4.78 is 0. The minimum Gasteiger partial charge on any atom is -0.481 e. The molecule has 1 atom stereocenters. The van der Waals surface area contributed by atoms with Gasteiger partial charge in [-0.2, -0.15) is 5.10 Å². The van der Waals surface area contributed by atoms with E-state index in [9.17, 15) is 14.4 Å². The molecule has 126 valence electrons. The first-order chi connectivity index (χ1) is 11.4. The largest absolute Gasteiger partial charge is 0.481 e. The summed E-state index contributed by atoms with van der Waals surface area (Å²) in [5.41, 5.74) is 0.321. The molecule has 1 heterocycles. The van der Waals surface area contributed by atoms with Gasteiger partial charge in [-0.15, -0.1) is 0 Å². The van der Waals surface area contributed by atoms with E-state index in [0.29, 0.717) is 10.6 Å². The smallest absolute Gasteiger partial charge is 0.353 e. The van der Waals surface area contributed by atoms with Crippen molar-refractivity contribution < 1.29 is 24.6 Å². The number of amides is 1. The van der Waals surface area contributed by atoms with Crippen LogP contribution in [0.5, 0.6) is 0 Å². The van der Waals surface area contributed by atoms with Gasteiger partial charge in [-0.3, -0.25) is 14.7 Å². The van der Waals surface area contributed by atoms with Gasteiger partial charge in [0, 0.05) is 17.1 Å². The minimum atomic E-state index is -1.25. The first-order valence-electron chi connectivity index (χ1n) is 6.91. The van der Waals surface area contributed by atoms with Crippen molar-refractivity contribution in [3.63, 3.8) is 0 Å². The van der Waals surface area contributed by atoms with Gasteiger partial charge >= 0.3 is 11.9 Å². The maximum absolute atomic E-state index is 12.1. The molecule has 2 rings (SSSR count). The van der Waals surface area contributed by atoms with Crippen molar-refractivity contribution in [1.29, 1.82) is 0 Å². The fourth-order valence-electron chi connectivity index (χ4n) is 2.12. The highest BCUT2D eigenvalue weighted by molar-refractivity contribution is 6.31. The second-order valence-electron chi connectivity index (χ2n) is 5.04. The number of aromatic nitrogens is 2. The molecule has 0 radical (unpaired) electrons. The highest BCUT2D eigenvalue weighted by Crippen LogP contribution is 2.18. The molecule has 0 bridgehead atoms. The van der Waals surface area contributed by atoms with Gasteiger partial charge in [0.25, 0.3) is 5.91 Å². The van der Waals surface area contributed by atoms with Crippen molar-refractivity contribution in [2.45, 2.75) is 18.9 Å². The molecule has 1 aromatic heterocycles. The first kappa shape index (κ1) is 17.5. The number of nitrogens with zero attached hydrogens (tertiary/aromatic N) is 1. The molecule has 1 amide bonds. The Bertz CT molecular complexity index is 774. The van der Waals surface area contributed by atoms with E-state index in [0.717, 1.165) is 6.07 Å². The molecular formula is C15H14ClN3O5. The Morgan fingerprint density at radius 1 is 1.25 bits per heavy atom. The number of carbonyl (C=O) groups excluding carboxylic acids is 1. The predicted octanol–water partition coefficient (Wildman–Crippen LogP) is 1.58. The molecule has 0 saturated carbocycles. The molecule has 4 N–H and O–H groups in total. The number of carboxylic acids is 2. The third-order valence-corrected chi connectivity index (χ3v) is 3.59. The Morgan fingerprint density at radius 3 is 2.54 bits per heavy atom. The van der Waals surface area contributed by atoms with E-state index in [1.807, 2.05) is 0 Å². The average molecular weight is 352 g/mol. The molecule has 1 aromatic carbocycles. The molecule has 24 heavy (non-hydrogen) atoms. The van der Waals surface area contributed by atoms with Gasteiger partial charge in [-0.1, -0.05) is 29.8 Å². The lowest BCUT2D eigenvalue weighted by atomic mass is 10.0. The van der Waals surface area contributed by atoms with Crippen LogP contribution in [0.15, 0.2) is 30.3 Å². The van der Waals surface area contributed by atoms with Gasteiger partial charge in [0.05, 0.1) is 6.42 Å². The average Bonchev–Trinajstić information content (AvgIpc) is 2.99. The van der Waals surface area contributed by atoms with E-state index in [-0.39, 0.29) is 24.2 Å². The van der Waals surface area contributed by atoms with E-state index >= 15 is 0 Å². The van der Waals surface area contributed by atoms with Crippen LogP contribution in [0.2, 0.25) is 5.02 Å². The normalized spacial score (nSPS) is 11.7. The molecule has 0 aliphatic heterocycles. The summed E-state index contributed by atoms with van der Waals surface area (Å²) in [5.74, 6) is -3.00. The maximum atomic E-state index is 12.1. The Hall–Kier alpha value is -2.87. The lowest BCUT2D eigenvalue weighted by Gasteiger charge is -2.17. The van der Waals surface area contributed by atoms with Crippen LogP contribution in [0.3, 0.4) is 0 Å². The molecule has 9 heteroatoms. The summed E-state index contributed by atoms with van der Waals surface area (Å²) in [6.07, 6.45) is -0.0961. The van der Waals surface area contributed by atoms with Crippen LogP contribution >= 0.6 is 11.6 Å². The van der Waals surface area contributed by atoms with Crippen molar-refractivity contribution >= 4 is 29.4 Å². The zero-order valence-electron chi connectivity index (χ0n) is 12.3. The molecule has 0 saturated heterocycles. The predicted molar refractivity (Wildman–Crippen MR) is 84.2 cm³/mol. The third kappa shape index (κ3) is 4.56. The number of benzene rings is 1. The van der Waals surface area contributed by atoms with Gasteiger partial charge in [0.15, 0.2) is 5.69 Å². The highest BCUT2D eigenvalue weighted by Gasteiger charge is 2.21. The van der Waals surface area contributed by atoms with Crippen LogP contribution in [0.4, 0.5) is 0 Å². The van der Waals surface area contributed by atoms with E-state index < -0.39 is 23.9 Å². The summed E-state index contributed by atoms with van der Waals surface area (Å²) in [6, 6.07) is 7.26. The number of aromatic carboxylic acids is 1. The molecule has 0 aliphatic rings. The number of aliphatic carboxylic acids is 1. The van der Waals surface area contributed by atoms with Crippen LogP contribution in [0, 0.1) is 0 Å². The maximum Gasteiger partial charge on any atom is 0.353 e. The molecule has 0 unspecified atom stereocenters. The number of carbonyl (C=O) groups is 3. The molecule has 0 aliphatic carbocycles. The van der Waals surface area contributed by atoms with Crippen LogP contribution in [0.1, 0.15) is 33.0 Å². The van der Waals surface area contributed by atoms with Crippen LogP contribution in [0.25, 0.3) is 0 Å². The second-order valence-corrected chi connectivity index (χ2v) is 5.44. The van der Waals surface area contributed by atoms with Crippen molar-refractivity contribution in [1.82, 2.24) is 15.5 Å². The molecule has 0 spiro atoms.